The first-order valence-corrected chi connectivity index (χ1v) is 10.2. The maximum absolute atomic E-state index is 5.84. The van der Waals surface area contributed by atoms with Crippen LogP contribution in [0.15, 0.2) is 59.7 Å². The summed E-state index contributed by atoms with van der Waals surface area (Å²) in [5.74, 6) is 1.17. The van der Waals surface area contributed by atoms with Gasteiger partial charge in [-0.1, -0.05) is 42.5 Å². The fourth-order valence-electron chi connectivity index (χ4n) is 2.41. The summed E-state index contributed by atoms with van der Waals surface area (Å²) in [5, 5.41) is 7.94. The molecule has 1 aromatic rings. The Morgan fingerprint density at radius 2 is 2.04 bits per heavy atom. The SMILES string of the molecule is CN1N=C(C2C=CC=CC2)NN(C)P1(=S)NNc1ccccc1. The minimum absolute atomic E-state index is 0.260. The number of hydrogen-bond acceptors (Lipinski definition) is 4. The maximum Gasteiger partial charge on any atom is 0.217 e. The molecule has 0 bridgehead atoms. The Kier molecular flexibility index (Phi) is 4.82. The minimum Gasteiger partial charge on any atom is -0.315 e. The van der Waals surface area contributed by atoms with Crippen molar-refractivity contribution in [2.75, 3.05) is 19.5 Å². The molecule has 122 valence electrons. The molecule has 0 fully saturated rings. The molecular weight excluding hydrogens is 327 g/mol. The highest BCUT2D eigenvalue weighted by atomic mass is 32.4. The lowest BCUT2D eigenvalue weighted by atomic mass is 10.00. The molecule has 6 nitrogen and oxygen atoms in total. The van der Waals surface area contributed by atoms with E-state index in [0.29, 0.717) is 0 Å². The molecule has 2 atom stereocenters. The maximum atomic E-state index is 5.84. The number of hydrazone groups is 1. The molecule has 1 aliphatic heterocycles. The Labute approximate surface area is 142 Å². The van der Waals surface area contributed by atoms with E-state index in [1.54, 1.807) is 0 Å². The zero-order valence-electron chi connectivity index (χ0n) is 13.2. The Morgan fingerprint density at radius 3 is 2.70 bits per heavy atom. The number of anilines is 1. The second kappa shape index (κ2) is 6.84. The number of hydrogen-bond donors (Lipinski definition) is 3. The molecule has 2 aliphatic rings. The van der Waals surface area contributed by atoms with Crippen LogP contribution in [0.25, 0.3) is 0 Å². The predicted octanol–water partition coefficient (Wildman–Crippen LogP) is 2.66. The van der Waals surface area contributed by atoms with Gasteiger partial charge in [0.1, 0.15) is 5.84 Å². The molecule has 1 aliphatic carbocycles. The largest absolute Gasteiger partial charge is 0.315 e. The topological polar surface area (TPSA) is 54.9 Å². The van der Waals surface area contributed by atoms with Crippen LogP contribution in [0.2, 0.25) is 0 Å². The highest BCUT2D eigenvalue weighted by Crippen LogP contribution is 2.48. The highest BCUT2D eigenvalue weighted by Gasteiger charge is 2.34. The van der Waals surface area contributed by atoms with E-state index >= 15 is 0 Å². The van der Waals surface area contributed by atoms with Gasteiger partial charge in [-0.2, -0.15) is 15.1 Å². The van der Waals surface area contributed by atoms with Crippen molar-refractivity contribution in [3.8, 4) is 0 Å². The molecule has 0 saturated heterocycles. The fourth-order valence-corrected chi connectivity index (χ4v) is 4.20. The van der Waals surface area contributed by atoms with Crippen LogP contribution >= 0.6 is 6.49 Å². The van der Waals surface area contributed by atoms with Gasteiger partial charge in [-0.05, 0) is 30.4 Å². The second-order valence-corrected chi connectivity index (χ2v) is 9.43. The van der Waals surface area contributed by atoms with Gasteiger partial charge in [-0.15, -0.1) is 0 Å². The number of nitrogens with zero attached hydrogens (tertiary/aromatic N) is 3. The third-order valence-electron chi connectivity index (χ3n) is 3.78. The molecule has 3 rings (SSSR count). The monoisotopic (exact) mass is 348 g/mol. The van der Waals surface area contributed by atoms with Gasteiger partial charge in [0.05, 0.1) is 0 Å². The molecular formula is C15H21N6PS. The average molecular weight is 348 g/mol. The van der Waals surface area contributed by atoms with E-state index in [-0.39, 0.29) is 5.92 Å². The summed E-state index contributed by atoms with van der Waals surface area (Å²) in [5.41, 5.74) is 7.50. The van der Waals surface area contributed by atoms with E-state index in [1.165, 1.54) is 0 Å². The standard InChI is InChI=1S/C15H21N6PS/c1-20-17-15(13-9-5-3-6-10-13)18-21(2)22(20,23)19-16-14-11-7-4-8-12-14/h3-9,11-13,16H,10H2,1-2H3,(H,17,18)(H,19,23). The van der Waals surface area contributed by atoms with E-state index in [2.05, 4.69) is 45.5 Å². The summed E-state index contributed by atoms with van der Waals surface area (Å²) in [6, 6.07) is 9.90. The number of allylic oxidation sites excluding steroid dienone is 3. The number of rotatable bonds is 4. The lowest BCUT2D eigenvalue weighted by Crippen LogP contribution is -2.51. The Morgan fingerprint density at radius 1 is 1.26 bits per heavy atom. The Bertz CT molecular complexity index is 686. The number of amidine groups is 1. The number of nitrogens with one attached hydrogen (secondary N) is 3. The zero-order valence-corrected chi connectivity index (χ0v) is 14.9. The molecule has 0 amide bonds. The third-order valence-corrected chi connectivity index (χ3v) is 7.69. The average Bonchev–Trinajstić information content (AvgIpc) is 2.59. The van der Waals surface area contributed by atoms with Crippen molar-refractivity contribution in [2.45, 2.75) is 6.42 Å². The van der Waals surface area contributed by atoms with Crippen LogP contribution in [-0.2, 0) is 11.8 Å². The van der Waals surface area contributed by atoms with Gasteiger partial charge in [0, 0.05) is 25.7 Å². The van der Waals surface area contributed by atoms with Gasteiger partial charge in [0.2, 0.25) is 6.49 Å². The van der Waals surface area contributed by atoms with Gasteiger partial charge in [-0.25, -0.2) is 4.78 Å². The lowest BCUT2D eigenvalue weighted by Gasteiger charge is -2.42. The van der Waals surface area contributed by atoms with Gasteiger partial charge in [0.15, 0.2) is 0 Å². The Hall–Kier alpha value is -1.66. The van der Waals surface area contributed by atoms with E-state index in [1.807, 2.05) is 54.0 Å². The number of para-hydroxylation sites is 1. The lowest BCUT2D eigenvalue weighted by molar-refractivity contribution is 0.391. The predicted molar refractivity (Wildman–Crippen MR) is 100.0 cm³/mol. The molecule has 3 N–H and O–H groups in total. The summed E-state index contributed by atoms with van der Waals surface area (Å²) in [6.45, 7) is -2.25. The normalized spacial score (nSPS) is 27.5. The molecule has 23 heavy (non-hydrogen) atoms. The van der Waals surface area contributed by atoms with E-state index < -0.39 is 6.49 Å². The van der Waals surface area contributed by atoms with Crippen molar-refractivity contribution >= 4 is 29.8 Å². The zero-order chi connectivity index (χ0) is 16.3. The van der Waals surface area contributed by atoms with Crippen molar-refractivity contribution in [2.24, 2.45) is 11.0 Å². The van der Waals surface area contributed by atoms with Crippen LogP contribution in [-0.4, -0.2) is 29.5 Å². The van der Waals surface area contributed by atoms with E-state index in [9.17, 15) is 0 Å². The van der Waals surface area contributed by atoms with Crippen molar-refractivity contribution < 1.29 is 0 Å². The summed E-state index contributed by atoms with van der Waals surface area (Å²) in [4.78, 5) is 0. The number of hydrazine groups is 2. The van der Waals surface area contributed by atoms with Crippen molar-refractivity contribution in [3.05, 3.63) is 54.6 Å². The first kappa shape index (κ1) is 16.2. The van der Waals surface area contributed by atoms with Crippen LogP contribution in [0, 0.1) is 5.92 Å². The van der Waals surface area contributed by atoms with Crippen LogP contribution in [0.3, 0.4) is 0 Å². The van der Waals surface area contributed by atoms with Crippen LogP contribution in [0.5, 0.6) is 0 Å². The van der Waals surface area contributed by atoms with Gasteiger partial charge < -0.3 is 5.43 Å². The van der Waals surface area contributed by atoms with Crippen molar-refractivity contribution in [3.63, 3.8) is 0 Å². The van der Waals surface area contributed by atoms with Crippen molar-refractivity contribution in [1.82, 2.24) is 20.2 Å². The molecule has 8 heteroatoms. The highest BCUT2D eigenvalue weighted by molar-refractivity contribution is 8.11. The molecule has 1 heterocycles. The quantitative estimate of drug-likeness (QED) is 0.575. The third kappa shape index (κ3) is 3.48. The van der Waals surface area contributed by atoms with E-state index in [4.69, 9.17) is 11.8 Å². The molecule has 0 aromatic heterocycles. The van der Waals surface area contributed by atoms with Gasteiger partial charge >= 0.3 is 0 Å². The summed E-state index contributed by atoms with van der Waals surface area (Å²) >= 11 is 5.84. The molecule has 2 unspecified atom stereocenters. The van der Waals surface area contributed by atoms with Crippen LogP contribution in [0.1, 0.15) is 6.42 Å². The molecule has 0 saturated carbocycles. The van der Waals surface area contributed by atoms with Gasteiger partial charge in [0.25, 0.3) is 0 Å². The smallest absolute Gasteiger partial charge is 0.217 e. The molecule has 1 aromatic carbocycles. The first-order valence-electron chi connectivity index (χ1n) is 7.45. The molecule has 0 spiro atoms. The molecule has 0 radical (unpaired) electrons. The van der Waals surface area contributed by atoms with Crippen molar-refractivity contribution in [1.29, 1.82) is 0 Å². The van der Waals surface area contributed by atoms with Gasteiger partial charge in [-0.3, -0.25) is 5.43 Å². The first-order chi connectivity index (χ1) is 11.1. The minimum atomic E-state index is -2.25. The second-order valence-electron chi connectivity index (χ2n) is 5.41. The van der Waals surface area contributed by atoms with Crippen LogP contribution in [0.4, 0.5) is 5.69 Å². The summed E-state index contributed by atoms with van der Waals surface area (Å²) in [6.07, 6.45) is 9.36. The van der Waals surface area contributed by atoms with Crippen LogP contribution < -0.4 is 16.0 Å². The Balaban J connectivity index is 1.73. The summed E-state index contributed by atoms with van der Waals surface area (Å²) < 4.78 is 3.81. The summed E-state index contributed by atoms with van der Waals surface area (Å²) in [7, 11) is 3.87. The van der Waals surface area contributed by atoms with E-state index in [0.717, 1.165) is 17.9 Å². The fraction of sp³-hybridized carbons (Fsp3) is 0.267. The number of benzene rings is 1.